The lowest BCUT2D eigenvalue weighted by molar-refractivity contribution is 0.0993. The Labute approximate surface area is 240 Å². The Morgan fingerprint density at radius 2 is 1.78 bits per heavy atom. The first-order chi connectivity index (χ1) is 19.9. The molecule has 1 aromatic heterocycles. The predicted molar refractivity (Wildman–Crippen MR) is 161 cm³/mol. The van der Waals surface area contributed by atoms with Crippen LogP contribution in [0.4, 0.5) is 16.0 Å². The van der Waals surface area contributed by atoms with Gasteiger partial charge in [0, 0.05) is 67.5 Å². The van der Waals surface area contributed by atoms with Crippen molar-refractivity contribution >= 4 is 28.2 Å². The molecule has 0 N–H and O–H groups in total. The highest BCUT2D eigenvalue weighted by atomic mass is 19.1. The molecule has 0 bridgehead atoms. The number of ketones is 1. The van der Waals surface area contributed by atoms with E-state index in [2.05, 4.69) is 33.8 Å². The maximum atomic E-state index is 14.6. The van der Waals surface area contributed by atoms with Crippen LogP contribution in [0.5, 0.6) is 11.6 Å². The summed E-state index contributed by atoms with van der Waals surface area (Å²) in [6, 6.07) is 18.7. The first-order valence-electron chi connectivity index (χ1n) is 14.5. The molecule has 6 rings (SSSR count). The van der Waals surface area contributed by atoms with E-state index in [0.29, 0.717) is 29.2 Å². The molecule has 1 unspecified atom stereocenters. The highest BCUT2D eigenvalue weighted by Gasteiger charge is 2.26. The van der Waals surface area contributed by atoms with E-state index in [1.54, 1.807) is 12.3 Å². The number of hydrogen-bond donors (Lipinski definition) is 0. The van der Waals surface area contributed by atoms with Gasteiger partial charge >= 0.3 is 0 Å². The Balaban J connectivity index is 1.22. The lowest BCUT2D eigenvalue weighted by Crippen LogP contribution is -2.32. The summed E-state index contributed by atoms with van der Waals surface area (Å²) in [4.78, 5) is 29.2. The fourth-order valence-electron chi connectivity index (χ4n) is 5.92. The minimum atomic E-state index is -0.375. The van der Waals surface area contributed by atoms with E-state index in [-0.39, 0.29) is 18.0 Å². The number of halogens is 1. The third kappa shape index (κ3) is 6.03. The number of fused-ring (bicyclic) bond motifs is 1. The van der Waals surface area contributed by atoms with Gasteiger partial charge in [-0.1, -0.05) is 30.3 Å². The molecule has 0 amide bonds. The molecule has 2 saturated heterocycles. The van der Waals surface area contributed by atoms with Crippen LogP contribution in [-0.4, -0.2) is 67.0 Å². The van der Waals surface area contributed by atoms with Gasteiger partial charge in [0.25, 0.3) is 0 Å². The monoisotopic (exact) mass is 553 g/mol. The second-order valence-corrected chi connectivity index (χ2v) is 11.3. The molecule has 0 aliphatic carbocycles. The molecule has 2 fully saturated rings. The van der Waals surface area contributed by atoms with Crippen molar-refractivity contribution < 1.29 is 13.9 Å². The summed E-state index contributed by atoms with van der Waals surface area (Å²) in [6.07, 6.45) is 6.34. The van der Waals surface area contributed by atoms with Crippen LogP contribution in [0.1, 0.15) is 41.6 Å². The predicted octanol–water partition coefficient (Wildman–Crippen LogP) is 6.12. The van der Waals surface area contributed by atoms with Crippen LogP contribution in [0.2, 0.25) is 0 Å². The smallest absolute Gasteiger partial charge is 0.228 e. The number of likely N-dealkylation sites (N-methyl/N-ethyl adjacent to an activating group) is 1. The SMILES string of the molecule is CN(C)C1CCN(c2nccc(Oc3ccc(CC(=O)c4cc(F)cc(N5CCCCC5)c4)c4ccccc34)n2)C1. The summed E-state index contributed by atoms with van der Waals surface area (Å²) in [7, 11) is 4.20. The molecule has 0 saturated carbocycles. The summed E-state index contributed by atoms with van der Waals surface area (Å²) in [6.45, 7) is 3.58. The average molecular weight is 554 g/mol. The van der Waals surface area contributed by atoms with Crippen molar-refractivity contribution in [3.63, 3.8) is 0 Å². The number of ether oxygens (including phenoxy) is 1. The van der Waals surface area contributed by atoms with Gasteiger partial charge in [-0.05, 0) is 75.0 Å². The highest BCUT2D eigenvalue weighted by Crippen LogP contribution is 2.33. The van der Waals surface area contributed by atoms with Crippen LogP contribution in [0, 0.1) is 5.82 Å². The minimum Gasteiger partial charge on any atom is -0.438 e. The molecule has 2 aliphatic rings. The molecule has 1 atom stereocenters. The van der Waals surface area contributed by atoms with Crippen LogP contribution in [0.25, 0.3) is 10.8 Å². The third-order valence-electron chi connectivity index (χ3n) is 8.26. The maximum Gasteiger partial charge on any atom is 0.228 e. The van der Waals surface area contributed by atoms with Gasteiger partial charge in [0.1, 0.15) is 11.6 Å². The molecule has 212 valence electrons. The molecule has 2 aliphatic heterocycles. The van der Waals surface area contributed by atoms with Crippen LogP contribution in [0.3, 0.4) is 0 Å². The normalized spacial score (nSPS) is 17.4. The van der Waals surface area contributed by atoms with Gasteiger partial charge in [0.05, 0.1) is 0 Å². The third-order valence-corrected chi connectivity index (χ3v) is 8.26. The van der Waals surface area contributed by atoms with Crippen molar-refractivity contribution in [1.82, 2.24) is 14.9 Å². The Morgan fingerprint density at radius 1 is 0.976 bits per heavy atom. The van der Waals surface area contributed by atoms with Gasteiger partial charge in [-0.2, -0.15) is 4.98 Å². The van der Waals surface area contributed by atoms with Gasteiger partial charge in [0.15, 0.2) is 5.78 Å². The van der Waals surface area contributed by atoms with E-state index in [9.17, 15) is 9.18 Å². The summed E-state index contributed by atoms with van der Waals surface area (Å²) < 4.78 is 20.8. The number of anilines is 2. The van der Waals surface area contributed by atoms with E-state index in [0.717, 1.165) is 67.5 Å². The lowest BCUT2D eigenvalue weighted by atomic mass is 9.96. The maximum absolute atomic E-state index is 14.6. The molecule has 0 radical (unpaired) electrons. The standard InChI is InChI=1S/C33H36FN5O2/c1-37(2)26-13-17-39(22-26)33-35-14-12-32(36-33)41-31-11-10-23(28-8-4-5-9-29(28)31)20-30(40)24-18-25(34)21-27(19-24)38-15-6-3-7-16-38/h4-5,8-12,14,18-19,21,26H,3,6-7,13,15-17,20,22H2,1-2H3. The van der Waals surface area contributed by atoms with Gasteiger partial charge in [-0.15, -0.1) is 0 Å². The topological polar surface area (TPSA) is 61.8 Å². The second-order valence-electron chi connectivity index (χ2n) is 11.3. The molecular formula is C33H36FN5O2. The number of benzene rings is 3. The summed E-state index contributed by atoms with van der Waals surface area (Å²) in [5.74, 6) is 1.32. The number of nitrogens with zero attached hydrogens (tertiary/aromatic N) is 5. The number of rotatable bonds is 8. The highest BCUT2D eigenvalue weighted by molar-refractivity contribution is 6.01. The fraction of sp³-hybridized carbons (Fsp3) is 0.364. The Kier molecular flexibility index (Phi) is 7.83. The Hall–Kier alpha value is -4.04. The van der Waals surface area contributed by atoms with Gasteiger partial charge in [-0.3, -0.25) is 4.79 Å². The van der Waals surface area contributed by atoms with Crippen LogP contribution < -0.4 is 14.5 Å². The average Bonchev–Trinajstić information content (AvgIpc) is 3.50. The van der Waals surface area contributed by atoms with Crippen molar-refractivity contribution in [2.45, 2.75) is 38.1 Å². The molecular weight excluding hydrogens is 517 g/mol. The lowest BCUT2D eigenvalue weighted by Gasteiger charge is -2.29. The molecule has 41 heavy (non-hydrogen) atoms. The number of carbonyl (C=O) groups is 1. The van der Waals surface area contributed by atoms with E-state index in [1.807, 2.05) is 42.5 Å². The zero-order chi connectivity index (χ0) is 28.3. The molecule has 0 spiro atoms. The first-order valence-corrected chi connectivity index (χ1v) is 14.5. The number of piperidine rings is 1. The second kappa shape index (κ2) is 11.8. The van der Waals surface area contributed by atoms with E-state index in [1.165, 1.54) is 18.6 Å². The van der Waals surface area contributed by atoms with Crippen molar-refractivity contribution in [3.8, 4) is 11.6 Å². The van der Waals surface area contributed by atoms with E-state index >= 15 is 0 Å². The van der Waals surface area contributed by atoms with Crippen LogP contribution in [0.15, 0.2) is 66.9 Å². The van der Waals surface area contributed by atoms with Crippen molar-refractivity contribution in [2.75, 3.05) is 50.1 Å². The van der Waals surface area contributed by atoms with Crippen molar-refractivity contribution in [2.24, 2.45) is 0 Å². The van der Waals surface area contributed by atoms with E-state index in [4.69, 9.17) is 9.72 Å². The molecule has 7 nitrogen and oxygen atoms in total. The molecule has 3 heterocycles. The summed E-state index contributed by atoms with van der Waals surface area (Å²) >= 11 is 0. The largest absolute Gasteiger partial charge is 0.438 e. The molecule has 8 heteroatoms. The van der Waals surface area contributed by atoms with Gasteiger partial charge < -0.3 is 19.4 Å². The number of hydrogen-bond acceptors (Lipinski definition) is 7. The molecule has 4 aromatic rings. The van der Waals surface area contributed by atoms with Crippen molar-refractivity contribution in [3.05, 3.63) is 83.8 Å². The fourth-order valence-corrected chi connectivity index (χ4v) is 5.92. The molecule has 3 aromatic carbocycles. The summed E-state index contributed by atoms with van der Waals surface area (Å²) in [5, 5.41) is 1.81. The van der Waals surface area contributed by atoms with Crippen LogP contribution >= 0.6 is 0 Å². The zero-order valence-corrected chi connectivity index (χ0v) is 23.7. The van der Waals surface area contributed by atoms with E-state index < -0.39 is 0 Å². The number of aromatic nitrogens is 2. The van der Waals surface area contributed by atoms with Gasteiger partial charge in [-0.25, -0.2) is 9.37 Å². The number of carbonyl (C=O) groups excluding carboxylic acids is 1. The quantitative estimate of drug-likeness (QED) is 0.244. The first kappa shape index (κ1) is 27.1. The van der Waals surface area contributed by atoms with Crippen molar-refractivity contribution in [1.29, 1.82) is 0 Å². The number of Topliss-reactive ketones (excluding diaryl/α,β-unsaturated/α-hetero) is 1. The Bertz CT molecular complexity index is 1550. The van der Waals surface area contributed by atoms with Crippen LogP contribution in [-0.2, 0) is 6.42 Å². The van der Waals surface area contributed by atoms with Gasteiger partial charge in [0.2, 0.25) is 11.8 Å². The minimum absolute atomic E-state index is 0.108. The Morgan fingerprint density at radius 3 is 2.56 bits per heavy atom. The summed E-state index contributed by atoms with van der Waals surface area (Å²) in [5.41, 5.74) is 2.07. The zero-order valence-electron chi connectivity index (χ0n) is 23.7.